The van der Waals surface area contributed by atoms with Gasteiger partial charge in [-0.1, -0.05) is 13.3 Å². The summed E-state index contributed by atoms with van der Waals surface area (Å²) in [6.45, 7) is 11.3. The van der Waals surface area contributed by atoms with Gasteiger partial charge in [0.05, 0.1) is 5.75 Å². The molecule has 0 radical (unpaired) electrons. The van der Waals surface area contributed by atoms with Crippen LogP contribution >= 0.6 is 0 Å². The number of unbranched alkanes of at least 4 members (excludes halogenated alkanes) is 1. The lowest BCUT2D eigenvalue weighted by molar-refractivity contribution is 0.116. The number of hydrogen-bond donors (Lipinski definition) is 1. The summed E-state index contributed by atoms with van der Waals surface area (Å²) in [5.74, 6) is 0.267. The molecular formula is C12H26N2O2S. The van der Waals surface area contributed by atoms with Gasteiger partial charge in [-0.15, -0.1) is 0 Å². The van der Waals surface area contributed by atoms with Gasteiger partial charge in [0.2, 0.25) is 10.0 Å². The highest BCUT2D eigenvalue weighted by atomic mass is 32.2. The number of hydrogen-bond acceptors (Lipinski definition) is 3. The van der Waals surface area contributed by atoms with Crippen LogP contribution in [0, 0.1) is 0 Å². The molecule has 5 heteroatoms. The zero-order valence-corrected chi connectivity index (χ0v) is 12.5. The van der Waals surface area contributed by atoms with Crippen LogP contribution in [0.25, 0.3) is 0 Å². The summed E-state index contributed by atoms with van der Waals surface area (Å²) in [5.41, 5.74) is -0.475. The summed E-state index contributed by atoms with van der Waals surface area (Å²) in [4.78, 5) is 0. The third kappa shape index (κ3) is 3.66. The van der Waals surface area contributed by atoms with Crippen molar-refractivity contribution in [3.63, 3.8) is 0 Å². The Morgan fingerprint density at radius 1 is 1.24 bits per heavy atom. The molecule has 0 unspecified atom stereocenters. The molecule has 1 aliphatic rings. The maximum atomic E-state index is 12.3. The summed E-state index contributed by atoms with van der Waals surface area (Å²) in [6.07, 6.45) is 1.65. The van der Waals surface area contributed by atoms with E-state index in [1.54, 1.807) is 4.31 Å². The van der Waals surface area contributed by atoms with Gasteiger partial charge in [-0.25, -0.2) is 8.42 Å². The third-order valence-electron chi connectivity index (χ3n) is 3.31. The highest BCUT2D eigenvalue weighted by molar-refractivity contribution is 7.89. The van der Waals surface area contributed by atoms with E-state index in [0.717, 1.165) is 12.8 Å². The standard InChI is InChI=1S/C12H26N2O2S/c1-6-7-8-17(15,16)14-10-11(2,3)13-9-12(14,4)5/h13H,6-10H2,1-5H3. The maximum absolute atomic E-state index is 12.3. The van der Waals surface area contributed by atoms with Crippen molar-refractivity contribution in [1.82, 2.24) is 9.62 Å². The molecule has 1 aliphatic heterocycles. The Morgan fingerprint density at radius 3 is 2.35 bits per heavy atom. The van der Waals surface area contributed by atoms with E-state index in [4.69, 9.17) is 0 Å². The van der Waals surface area contributed by atoms with Gasteiger partial charge in [0.15, 0.2) is 0 Å². The van der Waals surface area contributed by atoms with Crippen LogP contribution in [-0.2, 0) is 10.0 Å². The lowest BCUT2D eigenvalue weighted by Gasteiger charge is -2.48. The van der Waals surface area contributed by atoms with Crippen LogP contribution in [0.4, 0.5) is 0 Å². The van der Waals surface area contributed by atoms with Crippen LogP contribution in [0.2, 0.25) is 0 Å². The third-order valence-corrected chi connectivity index (χ3v) is 5.40. The van der Waals surface area contributed by atoms with E-state index in [-0.39, 0.29) is 16.8 Å². The van der Waals surface area contributed by atoms with Crippen molar-refractivity contribution < 1.29 is 8.42 Å². The van der Waals surface area contributed by atoms with Crippen LogP contribution < -0.4 is 5.32 Å². The molecule has 1 rings (SSSR count). The van der Waals surface area contributed by atoms with E-state index in [1.165, 1.54) is 0 Å². The summed E-state index contributed by atoms with van der Waals surface area (Å²) in [7, 11) is -3.13. The van der Waals surface area contributed by atoms with Crippen molar-refractivity contribution in [2.75, 3.05) is 18.8 Å². The number of nitrogens with zero attached hydrogens (tertiary/aromatic N) is 1. The van der Waals surface area contributed by atoms with E-state index >= 15 is 0 Å². The summed E-state index contributed by atoms with van der Waals surface area (Å²) in [6, 6.07) is 0. The molecule has 1 heterocycles. The van der Waals surface area contributed by atoms with Crippen molar-refractivity contribution in [2.24, 2.45) is 0 Å². The Labute approximate surface area is 106 Å². The molecule has 0 atom stereocenters. The van der Waals surface area contributed by atoms with Crippen LogP contribution in [0.5, 0.6) is 0 Å². The molecule has 0 aromatic heterocycles. The molecule has 1 N–H and O–H groups in total. The minimum Gasteiger partial charge on any atom is -0.309 e. The molecule has 0 amide bonds. The maximum Gasteiger partial charge on any atom is 0.214 e. The van der Waals surface area contributed by atoms with E-state index in [1.807, 2.05) is 34.6 Å². The van der Waals surface area contributed by atoms with Crippen LogP contribution in [0.15, 0.2) is 0 Å². The molecular weight excluding hydrogens is 236 g/mol. The van der Waals surface area contributed by atoms with Crippen LogP contribution in [0.3, 0.4) is 0 Å². The van der Waals surface area contributed by atoms with Crippen molar-refractivity contribution >= 4 is 10.0 Å². The molecule has 0 aromatic carbocycles. The predicted octanol–water partition coefficient (Wildman–Crippen LogP) is 1.58. The summed E-state index contributed by atoms with van der Waals surface area (Å²) >= 11 is 0. The zero-order chi connectivity index (χ0) is 13.3. The van der Waals surface area contributed by atoms with E-state index < -0.39 is 10.0 Å². The largest absolute Gasteiger partial charge is 0.309 e. The minimum atomic E-state index is -3.13. The molecule has 0 spiro atoms. The Hall–Kier alpha value is -0.130. The molecule has 4 nitrogen and oxygen atoms in total. The first-order chi connectivity index (χ1) is 7.61. The van der Waals surface area contributed by atoms with Crippen molar-refractivity contribution in [1.29, 1.82) is 0 Å². The molecule has 0 aliphatic carbocycles. The number of rotatable bonds is 4. The second kappa shape index (κ2) is 4.86. The van der Waals surface area contributed by atoms with Gasteiger partial charge in [-0.2, -0.15) is 4.31 Å². The first-order valence-electron chi connectivity index (χ1n) is 6.36. The molecule has 17 heavy (non-hydrogen) atoms. The second-order valence-corrected chi connectivity index (χ2v) is 8.24. The lowest BCUT2D eigenvalue weighted by atomic mass is 9.94. The van der Waals surface area contributed by atoms with Crippen molar-refractivity contribution in [3.05, 3.63) is 0 Å². The number of sulfonamides is 1. The normalized spacial score (nSPS) is 24.8. The van der Waals surface area contributed by atoms with Gasteiger partial charge in [-0.3, -0.25) is 0 Å². The van der Waals surface area contributed by atoms with Gasteiger partial charge in [0.1, 0.15) is 0 Å². The molecule has 102 valence electrons. The van der Waals surface area contributed by atoms with Crippen LogP contribution in [0.1, 0.15) is 47.5 Å². The van der Waals surface area contributed by atoms with Gasteiger partial charge >= 0.3 is 0 Å². The Balaban J connectivity index is 2.91. The Morgan fingerprint density at radius 2 is 1.82 bits per heavy atom. The fraction of sp³-hybridized carbons (Fsp3) is 1.00. The molecule has 1 saturated heterocycles. The van der Waals surface area contributed by atoms with E-state index in [9.17, 15) is 8.42 Å². The first-order valence-corrected chi connectivity index (χ1v) is 7.97. The average Bonchev–Trinajstić information content (AvgIpc) is 2.19. The molecule has 0 aromatic rings. The fourth-order valence-electron chi connectivity index (χ4n) is 2.08. The van der Waals surface area contributed by atoms with Gasteiger partial charge in [0, 0.05) is 24.2 Å². The van der Waals surface area contributed by atoms with Crippen molar-refractivity contribution in [3.8, 4) is 0 Å². The Kier molecular flexibility index (Phi) is 4.27. The minimum absolute atomic E-state index is 0.144. The SMILES string of the molecule is CCCCS(=O)(=O)N1CC(C)(C)NCC1(C)C. The zero-order valence-electron chi connectivity index (χ0n) is 11.7. The topological polar surface area (TPSA) is 49.4 Å². The predicted molar refractivity (Wildman–Crippen MR) is 71.6 cm³/mol. The fourth-order valence-corrected chi connectivity index (χ4v) is 4.30. The Bertz CT molecular complexity index is 361. The van der Waals surface area contributed by atoms with Gasteiger partial charge in [0.25, 0.3) is 0 Å². The molecule has 1 fully saturated rings. The number of piperazine rings is 1. The van der Waals surface area contributed by atoms with Crippen molar-refractivity contribution in [2.45, 2.75) is 58.5 Å². The average molecular weight is 262 g/mol. The van der Waals surface area contributed by atoms with Gasteiger partial charge in [-0.05, 0) is 34.1 Å². The lowest BCUT2D eigenvalue weighted by Crippen LogP contribution is -2.67. The van der Waals surface area contributed by atoms with Crippen LogP contribution in [-0.4, -0.2) is 42.6 Å². The smallest absolute Gasteiger partial charge is 0.214 e. The van der Waals surface area contributed by atoms with E-state index in [2.05, 4.69) is 5.32 Å². The summed E-state index contributed by atoms with van der Waals surface area (Å²) < 4.78 is 26.4. The highest BCUT2D eigenvalue weighted by Gasteiger charge is 2.43. The number of nitrogens with one attached hydrogen (secondary N) is 1. The van der Waals surface area contributed by atoms with Gasteiger partial charge < -0.3 is 5.32 Å². The highest BCUT2D eigenvalue weighted by Crippen LogP contribution is 2.27. The quantitative estimate of drug-likeness (QED) is 0.837. The molecule has 0 bridgehead atoms. The van der Waals surface area contributed by atoms with E-state index in [0.29, 0.717) is 13.1 Å². The molecule has 0 saturated carbocycles. The monoisotopic (exact) mass is 262 g/mol. The first kappa shape index (κ1) is 14.9. The summed E-state index contributed by atoms with van der Waals surface area (Å²) in [5, 5.41) is 3.40. The second-order valence-electron chi connectivity index (χ2n) is 6.23.